The Morgan fingerprint density at radius 1 is 1.24 bits per heavy atom. The topological polar surface area (TPSA) is 61.9 Å². The van der Waals surface area contributed by atoms with Crippen molar-refractivity contribution in [3.8, 4) is 5.75 Å². The summed E-state index contributed by atoms with van der Waals surface area (Å²) in [6, 6.07) is 6.08. The molecule has 3 rings (SSSR count). The van der Waals surface area contributed by atoms with Crippen molar-refractivity contribution < 1.29 is 9.13 Å². The standard InChI is InChI=1S/C14H17FN4O2/c15-11-5-7-13(8-6-11)21-10-2-9-18-14(20)19(17-16-18)12-3-1-4-12/h5-8,12H,1-4,9-10H2. The number of hydrogen-bond donors (Lipinski definition) is 0. The monoisotopic (exact) mass is 292 g/mol. The van der Waals surface area contributed by atoms with Crippen LogP contribution in [0.25, 0.3) is 0 Å². The van der Waals surface area contributed by atoms with Gasteiger partial charge in [-0.15, -0.1) is 0 Å². The van der Waals surface area contributed by atoms with Gasteiger partial charge in [-0.25, -0.2) is 9.18 Å². The Labute approximate surface area is 121 Å². The molecule has 1 saturated carbocycles. The van der Waals surface area contributed by atoms with Gasteiger partial charge in [-0.2, -0.15) is 9.36 Å². The lowest BCUT2D eigenvalue weighted by Crippen LogP contribution is -2.31. The fourth-order valence-electron chi connectivity index (χ4n) is 2.22. The second-order valence-corrected chi connectivity index (χ2v) is 5.17. The van der Waals surface area contributed by atoms with Gasteiger partial charge in [-0.1, -0.05) is 0 Å². The normalized spacial score (nSPS) is 14.9. The zero-order valence-corrected chi connectivity index (χ0v) is 11.6. The molecule has 0 radical (unpaired) electrons. The summed E-state index contributed by atoms with van der Waals surface area (Å²) in [6.07, 6.45) is 3.80. The highest BCUT2D eigenvalue weighted by molar-refractivity contribution is 5.21. The second-order valence-electron chi connectivity index (χ2n) is 5.17. The van der Waals surface area contributed by atoms with E-state index < -0.39 is 0 Å². The minimum absolute atomic E-state index is 0.151. The van der Waals surface area contributed by atoms with E-state index in [9.17, 15) is 9.18 Å². The minimum Gasteiger partial charge on any atom is -0.494 e. The molecule has 1 aliphatic rings. The summed E-state index contributed by atoms with van der Waals surface area (Å²) in [7, 11) is 0. The molecule has 0 aliphatic heterocycles. The second kappa shape index (κ2) is 6.07. The largest absolute Gasteiger partial charge is 0.494 e. The third kappa shape index (κ3) is 3.12. The quantitative estimate of drug-likeness (QED) is 0.761. The number of aryl methyl sites for hydroxylation is 1. The van der Waals surface area contributed by atoms with Crippen LogP contribution >= 0.6 is 0 Å². The van der Waals surface area contributed by atoms with Gasteiger partial charge in [0.2, 0.25) is 0 Å². The zero-order chi connectivity index (χ0) is 14.7. The van der Waals surface area contributed by atoms with E-state index >= 15 is 0 Å². The molecule has 0 saturated heterocycles. The van der Waals surface area contributed by atoms with Gasteiger partial charge in [-0.05, 0) is 54.0 Å². The first kappa shape index (κ1) is 13.8. The van der Waals surface area contributed by atoms with Crippen molar-refractivity contribution in [2.24, 2.45) is 0 Å². The van der Waals surface area contributed by atoms with E-state index in [1.165, 1.54) is 21.5 Å². The van der Waals surface area contributed by atoms with Gasteiger partial charge < -0.3 is 4.74 Å². The summed E-state index contributed by atoms with van der Waals surface area (Å²) < 4.78 is 21.0. The molecule has 6 nitrogen and oxygen atoms in total. The molecule has 112 valence electrons. The highest BCUT2D eigenvalue weighted by Gasteiger charge is 2.23. The molecule has 1 aliphatic carbocycles. The third-order valence-corrected chi connectivity index (χ3v) is 3.68. The van der Waals surface area contributed by atoms with Gasteiger partial charge in [0.25, 0.3) is 0 Å². The minimum atomic E-state index is -0.290. The van der Waals surface area contributed by atoms with Crippen LogP contribution in [0.3, 0.4) is 0 Å². The van der Waals surface area contributed by atoms with E-state index in [1.807, 2.05) is 0 Å². The van der Waals surface area contributed by atoms with Gasteiger partial charge in [0.1, 0.15) is 11.6 Å². The molecule has 2 aromatic rings. The van der Waals surface area contributed by atoms with Gasteiger partial charge in [0.05, 0.1) is 19.2 Å². The highest BCUT2D eigenvalue weighted by atomic mass is 19.1. The maximum absolute atomic E-state index is 12.7. The lowest BCUT2D eigenvalue weighted by atomic mass is 9.93. The van der Waals surface area contributed by atoms with Crippen LogP contribution in [0.2, 0.25) is 0 Å². The van der Waals surface area contributed by atoms with Gasteiger partial charge >= 0.3 is 5.69 Å². The summed E-state index contributed by atoms with van der Waals surface area (Å²) in [4.78, 5) is 12.0. The number of benzene rings is 1. The molecule has 1 aromatic carbocycles. The molecule has 0 N–H and O–H groups in total. The van der Waals surface area contributed by atoms with Gasteiger partial charge in [0, 0.05) is 6.42 Å². The van der Waals surface area contributed by atoms with Crippen molar-refractivity contribution in [3.63, 3.8) is 0 Å². The summed E-state index contributed by atoms with van der Waals surface area (Å²) in [5.41, 5.74) is -0.151. The Bertz CT molecular complexity index is 646. The Hall–Kier alpha value is -2.18. The Morgan fingerprint density at radius 3 is 2.67 bits per heavy atom. The molecule has 7 heteroatoms. The smallest absolute Gasteiger partial charge is 0.363 e. The molecule has 1 aromatic heterocycles. The van der Waals surface area contributed by atoms with Crippen molar-refractivity contribution in [1.29, 1.82) is 0 Å². The third-order valence-electron chi connectivity index (χ3n) is 3.68. The van der Waals surface area contributed by atoms with Crippen LogP contribution in [0, 0.1) is 5.82 Å². The maximum atomic E-state index is 12.7. The molecular weight excluding hydrogens is 275 g/mol. The van der Waals surface area contributed by atoms with Gasteiger partial charge in [0.15, 0.2) is 0 Å². The number of rotatable bonds is 6. The molecule has 0 amide bonds. The lowest BCUT2D eigenvalue weighted by molar-refractivity contribution is 0.276. The molecule has 1 heterocycles. The van der Waals surface area contributed by atoms with Crippen molar-refractivity contribution >= 4 is 0 Å². The van der Waals surface area contributed by atoms with E-state index in [1.54, 1.807) is 12.1 Å². The average molecular weight is 292 g/mol. The maximum Gasteiger partial charge on any atom is 0.363 e. The number of nitrogens with zero attached hydrogens (tertiary/aromatic N) is 4. The van der Waals surface area contributed by atoms with Crippen molar-refractivity contribution in [3.05, 3.63) is 40.6 Å². The summed E-state index contributed by atoms with van der Waals surface area (Å²) in [6.45, 7) is 0.904. The highest BCUT2D eigenvalue weighted by Crippen LogP contribution is 2.28. The number of tetrazole rings is 1. The predicted octanol–water partition coefficient (Wildman–Crippen LogP) is 1.77. The van der Waals surface area contributed by atoms with Crippen LogP contribution < -0.4 is 10.4 Å². The molecule has 0 spiro atoms. The number of halogens is 1. The van der Waals surface area contributed by atoms with Crippen LogP contribution in [-0.2, 0) is 6.54 Å². The van der Waals surface area contributed by atoms with Crippen LogP contribution in [-0.4, -0.2) is 26.4 Å². The SMILES string of the molecule is O=c1n(CCCOc2ccc(F)cc2)nnn1C1CCC1. The van der Waals surface area contributed by atoms with Crippen molar-refractivity contribution in [1.82, 2.24) is 19.8 Å². The first-order valence-electron chi connectivity index (χ1n) is 7.15. The Morgan fingerprint density at radius 2 is 2.00 bits per heavy atom. The molecule has 1 fully saturated rings. The average Bonchev–Trinajstić information content (AvgIpc) is 2.77. The van der Waals surface area contributed by atoms with E-state index in [4.69, 9.17) is 4.74 Å². The van der Waals surface area contributed by atoms with Crippen molar-refractivity contribution in [2.45, 2.75) is 38.3 Å². The lowest BCUT2D eigenvalue weighted by Gasteiger charge is -2.23. The summed E-state index contributed by atoms with van der Waals surface area (Å²) in [5, 5.41) is 7.81. The fourth-order valence-corrected chi connectivity index (χ4v) is 2.22. The Kier molecular flexibility index (Phi) is 3.98. The molecule has 0 atom stereocenters. The Balaban J connectivity index is 1.48. The van der Waals surface area contributed by atoms with Crippen molar-refractivity contribution in [2.75, 3.05) is 6.61 Å². The number of aromatic nitrogens is 4. The van der Waals surface area contributed by atoms with Crippen LogP contribution in [0.4, 0.5) is 4.39 Å². The summed E-state index contributed by atoms with van der Waals surface area (Å²) >= 11 is 0. The summed E-state index contributed by atoms with van der Waals surface area (Å²) in [5.74, 6) is 0.323. The zero-order valence-electron chi connectivity index (χ0n) is 11.6. The fraction of sp³-hybridized carbons (Fsp3) is 0.500. The predicted molar refractivity (Wildman–Crippen MR) is 73.7 cm³/mol. The molecular formula is C14H17FN4O2. The van der Waals surface area contributed by atoms with Crippen LogP contribution in [0.5, 0.6) is 5.75 Å². The number of hydrogen-bond acceptors (Lipinski definition) is 4. The van der Waals surface area contributed by atoms with E-state index in [0.29, 0.717) is 25.3 Å². The van der Waals surface area contributed by atoms with Crippen LogP contribution in [0.15, 0.2) is 29.1 Å². The first-order chi connectivity index (χ1) is 10.2. The molecule has 21 heavy (non-hydrogen) atoms. The molecule has 0 bridgehead atoms. The molecule has 0 unspecified atom stereocenters. The van der Waals surface area contributed by atoms with E-state index in [2.05, 4.69) is 10.4 Å². The number of ether oxygens (including phenoxy) is 1. The van der Waals surface area contributed by atoms with Crippen LogP contribution in [0.1, 0.15) is 31.7 Å². The first-order valence-corrected chi connectivity index (χ1v) is 7.15. The van der Waals surface area contributed by atoms with E-state index in [-0.39, 0.29) is 17.5 Å². The van der Waals surface area contributed by atoms with Gasteiger partial charge in [-0.3, -0.25) is 0 Å². The van der Waals surface area contributed by atoms with E-state index in [0.717, 1.165) is 19.3 Å².